The van der Waals surface area contributed by atoms with Gasteiger partial charge in [-0.1, -0.05) is 12.1 Å². The third-order valence-corrected chi connectivity index (χ3v) is 4.50. The van der Waals surface area contributed by atoms with Crippen LogP contribution in [0.3, 0.4) is 0 Å². The van der Waals surface area contributed by atoms with Gasteiger partial charge in [0.2, 0.25) is 5.91 Å². The van der Waals surface area contributed by atoms with Crippen LogP contribution in [-0.4, -0.2) is 73.8 Å². The zero-order valence-corrected chi connectivity index (χ0v) is 17.5. The molecule has 1 heterocycles. The van der Waals surface area contributed by atoms with Crippen molar-refractivity contribution in [3.05, 3.63) is 29.8 Å². The first-order chi connectivity index (χ1) is 13.3. The van der Waals surface area contributed by atoms with Crippen molar-refractivity contribution in [1.82, 2.24) is 15.1 Å². The van der Waals surface area contributed by atoms with Crippen molar-refractivity contribution < 1.29 is 19.1 Å². The molecular weight excluding hydrogens is 358 g/mol. The molecule has 1 aromatic carbocycles. The highest BCUT2D eigenvalue weighted by atomic mass is 16.6. The van der Waals surface area contributed by atoms with Gasteiger partial charge < -0.3 is 19.7 Å². The topological polar surface area (TPSA) is 71.1 Å². The van der Waals surface area contributed by atoms with E-state index >= 15 is 0 Å². The summed E-state index contributed by atoms with van der Waals surface area (Å²) in [6, 6.07) is 7.55. The van der Waals surface area contributed by atoms with Gasteiger partial charge in [-0.25, -0.2) is 4.79 Å². The number of amides is 2. The normalized spacial score (nSPS) is 15.2. The van der Waals surface area contributed by atoms with Crippen molar-refractivity contribution in [2.45, 2.75) is 39.2 Å². The minimum atomic E-state index is -0.461. The predicted molar refractivity (Wildman–Crippen MR) is 109 cm³/mol. The van der Waals surface area contributed by atoms with Gasteiger partial charge in [0, 0.05) is 32.7 Å². The summed E-state index contributed by atoms with van der Waals surface area (Å²) in [5.74, 6) is 0.777. The van der Waals surface area contributed by atoms with Crippen molar-refractivity contribution in [3.63, 3.8) is 0 Å². The quantitative estimate of drug-likeness (QED) is 0.722. The van der Waals surface area contributed by atoms with E-state index in [4.69, 9.17) is 9.47 Å². The predicted octanol–water partition coefficient (Wildman–Crippen LogP) is 2.30. The second-order valence-electron chi connectivity index (χ2n) is 8.04. The maximum Gasteiger partial charge on any atom is 0.410 e. The van der Waals surface area contributed by atoms with E-state index in [2.05, 4.69) is 10.2 Å². The average Bonchev–Trinajstić information content (AvgIpc) is 2.64. The molecule has 0 aliphatic carbocycles. The highest BCUT2D eigenvalue weighted by Crippen LogP contribution is 2.13. The highest BCUT2D eigenvalue weighted by molar-refractivity contribution is 5.78. The van der Waals surface area contributed by atoms with Crippen molar-refractivity contribution in [2.75, 3.05) is 46.4 Å². The van der Waals surface area contributed by atoms with Gasteiger partial charge in [-0.05, 0) is 51.4 Å². The molecule has 1 aromatic rings. The number of methoxy groups -OCH3 is 1. The number of ether oxygens (including phenoxy) is 2. The molecule has 0 radical (unpaired) electrons. The third kappa shape index (κ3) is 7.76. The summed E-state index contributed by atoms with van der Waals surface area (Å²) in [4.78, 5) is 28.2. The Bertz CT molecular complexity index is 649. The second kappa shape index (κ2) is 10.3. The standard InChI is InChI=1S/C21H33N3O4/c1-21(2,3)28-20(26)24-13-11-23(12-14-24)10-6-9-22-19(25)16-17-7-5-8-18(15-17)27-4/h5,7-8,15H,6,9-14,16H2,1-4H3,(H,22,25). The Morgan fingerprint density at radius 3 is 2.50 bits per heavy atom. The average molecular weight is 392 g/mol. The van der Waals surface area contributed by atoms with Gasteiger partial charge in [-0.2, -0.15) is 0 Å². The number of carbonyl (C=O) groups is 2. The molecule has 7 nitrogen and oxygen atoms in total. The Hall–Kier alpha value is -2.28. The fourth-order valence-corrected chi connectivity index (χ4v) is 3.04. The van der Waals surface area contributed by atoms with Crippen LogP contribution >= 0.6 is 0 Å². The largest absolute Gasteiger partial charge is 0.497 e. The second-order valence-corrected chi connectivity index (χ2v) is 8.04. The summed E-state index contributed by atoms with van der Waals surface area (Å²) >= 11 is 0. The molecule has 1 N–H and O–H groups in total. The number of rotatable bonds is 7. The van der Waals surface area contributed by atoms with Gasteiger partial charge in [0.15, 0.2) is 0 Å². The Balaban J connectivity index is 1.60. The summed E-state index contributed by atoms with van der Waals surface area (Å²) < 4.78 is 10.6. The van der Waals surface area contributed by atoms with Gasteiger partial charge in [-0.15, -0.1) is 0 Å². The van der Waals surface area contributed by atoms with Gasteiger partial charge in [0.25, 0.3) is 0 Å². The SMILES string of the molecule is COc1cccc(CC(=O)NCCCN2CCN(C(=O)OC(C)(C)C)CC2)c1. The van der Waals surface area contributed by atoms with Crippen LogP contribution in [-0.2, 0) is 16.0 Å². The highest BCUT2D eigenvalue weighted by Gasteiger charge is 2.25. The van der Waals surface area contributed by atoms with Crippen molar-refractivity contribution in [3.8, 4) is 5.75 Å². The summed E-state index contributed by atoms with van der Waals surface area (Å²) in [6.07, 6.45) is 0.999. The molecule has 2 rings (SSSR count). The number of hydrogen-bond acceptors (Lipinski definition) is 5. The Kier molecular flexibility index (Phi) is 8.11. The summed E-state index contributed by atoms with van der Waals surface area (Å²) in [7, 11) is 1.62. The molecule has 0 bridgehead atoms. The summed E-state index contributed by atoms with van der Waals surface area (Å²) in [5, 5.41) is 2.97. The van der Waals surface area contributed by atoms with E-state index in [-0.39, 0.29) is 12.0 Å². The number of hydrogen-bond donors (Lipinski definition) is 1. The Morgan fingerprint density at radius 2 is 1.86 bits per heavy atom. The molecule has 156 valence electrons. The molecule has 1 aliphatic rings. The zero-order chi connectivity index (χ0) is 20.6. The molecule has 0 atom stereocenters. The molecule has 0 aromatic heterocycles. The number of nitrogens with one attached hydrogen (secondary N) is 1. The molecule has 1 fully saturated rings. The zero-order valence-electron chi connectivity index (χ0n) is 17.5. The number of piperazine rings is 1. The molecule has 2 amide bonds. The van der Waals surface area contributed by atoms with Crippen LogP contribution in [0.25, 0.3) is 0 Å². The maximum atomic E-state index is 12.1. The van der Waals surface area contributed by atoms with Crippen LogP contribution in [0.1, 0.15) is 32.8 Å². The molecule has 28 heavy (non-hydrogen) atoms. The van der Waals surface area contributed by atoms with E-state index in [1.807, 2.05) is 45.0 Å². The minimum absolute atomic E-state index is 0.0167. The smallest absolute Gasteiger partial charge is 0.410 e. The van der Waals surface area contributed by atoms with Crippen molar-refractivity contribution in [2.24, 2.45) is 0 Å². The fourth-order valence-electron chi connectivity index (χ4n) is 3.04. The first-order valence-corrected chi connectivity index (χ1v) is 9.87. The van der Waals surface area contributed by atoms with Crippen molar-refractivity contribution >= 4 is 12.0 Å². The summed E-state index contributed by atoms with van der Waals surface area (Å²) in [6.45, 7) is 10.2. The van der Waals surface area contributed by atoms with Gasteiger partial charge in [0.05, 0.1) is 13.5 Å². The van der Waals surface area contributed by atoms with Crippen LogP contribution in [0, 0.1) is 0 Å². The van der Waals surface area contributed by atoms with E-state index in [0.29, 0.717) is 26.1 Å². The lowest BCUT2D eigenvalue weighted by Crippen LogP contribution is -2.50. The van der Waals surface area contributed by atoms with Crippen LogP contribution in [0.15, 0.2) is 24.3 Å². The van der Waals surface area contributed by atoms with Crippen LogP contribution in [0.5, 0.6) is 5.75 Å². The van der Waals surface area contributed by atoms with E-state index in [1.165, 1.54) is 0 Å². The number of nitrogens with zero attached hydrogens (tertiary/aromatic N) is 2. The lowest BCUT2D eigenvalue weighted by atomic mass is 10.1. The first kappa shape index (κ1) is 22.0. The lowest BCUT2D eigenvalue weighted by Gasteiger charge is -2.35. The van der Waals surface area contributed by atoms with Gasteiger partial charge in [0.1, 0.15) is 11.4 Å². The molecule has 0 spiro atoms. The van der Waals surface area contributed by atoms with Crippen LogP contribution in [0.4, 0.5) is 4.79 Å². The molecule has 7 heteroatoms. The maximum absolute atomic E-state index is 12.1. The Labute approximate surface area is 168 Å². The third-order valence-electron chi connectivity index (χ3n) is 4.50. The van der Waals surface area contributed by atoms with Crippen LogP contribution in [0.2, 0.25) is 0 Å². The van der Waals surface area contributed by atoms with Gasteiger partial charge >= 0.3 is 6.09 Å². The number of benzene rings is 1. The summed E-state index contributed by atoms with van der Waals surface area (Å²) in [5.41, 5.74) is 0.479. The van der Waals surface area contributed by atoms with E-state index < -0.39 is 5.60 Å². The molecule has 0 unspecified atom stereocenters. The lowest BCUT2D eigenvalue weighted by molar-refractivity contribution is -0.120. The van der Waals surface area contributed by atoms with Crippen molar-refractivity contribution in [1.29, 1.82) is 0 Å². The molecule has 1 saturated heterocycles. The molecular formula is C21H33N3O4. The number of carbonyl (C=O) groups excluding carboxylic acids is 2. The monoisotopic (exact) mass is 391 g/mol. The van der Waals surface area contributed by atoms with Crippen LogP contribution < -0.4 is 10.1 Å². The van der Waals surface area contributed by atoms with E-state index in [1.54, 1.807) is 12.0 Å². The minimum Gasteiger partial charge on any atom is -0.497 e. The fraction of sp³-hybridized carbons (Fsp3) is 0.619. The van der Waals surface area contributed by atoms with E-state index in [9.17, 15) is 9.59 Å². The van der Waals surface area contributed by atoms with E-state index in [0.717, 1.165) is 37.4 Å². The molecule has 0 saturated carbocycles. The first-order valence-electron chi connectivity index (χ1n) is 9.87. The Morgan fingerprint density at radius 1 is 1.14 bits per heavy atom. The molecule has 1 aliphatic heterocycles. The van der Waals surface area contributed by atoms with Gasteiger partial charge in [-0.3, -0.25) is 9.69 Å².